The summed E-state index contributed by atoms with van der Waals surface area (Å²) >= 11 is 1.77. The van der Waals surface area contributed by atoms with Gasteiger partial charge < -0.3 is 19.1 Å². The van der Waals surface area contributed by atoms with Crippen molar-refractivity contribution in [2.45, 2.75) is 19.4 Å². The Kier molecular flexibility index (Phi) is 8.76. The van der Waals surface area contributed by atoms with Crippen LogP contribution in [0.2, 0.25) is 0 Å². The predicted octanol–water partition coefficient (Wildman–Crippen LogP) is 4.41. The Hall–Kier alpha value is -1.74. The second-order valence-electron chi connectivity index (χ2n) is 5.73. The van der Waals surface area contributed by atoms with E-state index < -0.39 is 0 Å². The molecule has 0 radical (unpaired) electrons. The molecular formula is C19H24IN3O2S. The smallest absolute Gasteiger partial charge is 0.194 e. The molecule has 5 nitrogen and oxygen atoms in total. The Labute approximate surface area is 175 Å². The Bertz CT molecular complexity index is 740. The van der Waals surface area contributed by atoms with E-state index in [1.807, 2.05) is 31.3 Å². The molecule has 0 atom stereocenters. The van der Waals surface area contributed by atoms with Crippen molar-refractivity contribution in [2.75, 3.05) is 20.1 Å². The Morgan fingerprint density at radius 2 is 1.85 bits per heavy atom. The highest BCUT2D eigenvalue weighted by molar-refractivity contribution is 14.0. The maximum atomic E-state index is 5.44. The molecule has 0 spiro atoms. The van der Waals surface area contributed by atoms with Crippen molar-refractivity contribution in [1.29, 1.82) is 0 Å². The summed E-state index contributed by atoms with van der Waals surface area (Å²) in [6.07, 6.45) is 5.18. The minimum atomic E-state index is 0. The van der Waals surface area contributed by atoms with E-state index in [0.717, 1.165) is 43.4 Å². The molecule has 1 N–H and O–H groups in total. The van der Waals surface area contributed by atoms with E-state index >= 15 is 0 Å². The number of guanidine groups is 1. The summed E-state index contributed by atoms with van der Waals surface area (Å²) in [6.45, 7) is 2.21. The molecule has 3 rings (SSSR count). The predicted molar refractivity (Wildman–Crippen MR) is 116 cm³/mol. The molecule has 0 aliphatic carbocycles. The summed E-state index contributed by atoms with van der Waals surface area (Å²) in [7, 11) is 2.02. The Morgan fingerprint density at radius 1 is 1.08 bits per heavy atom. The van der Waals surface area contributed by atoms with Crippen LogP contribution in [0.25, 0.3) is 0 Å². The van der Waals surface area contributed by atoms with Gasteiger partial charge in [0.25, 0.3) is 0 Å². The van der Waals surface area contributed by atoms with E-state index in [2.05, 4.69) is 27.7 Å². The molecule has 7 heteroatoms. The average Bonchev–Trinajstić information content (AvgIpc) is 3.37. The molecule has 0 fully saturated rings. The Balaban J connectivity index is 0.00000243. The van der Waals surface area contributed by atoms with Crippen LogP contribution >= 0.6 is 35.3 Å². The van der Waals surface area contributed by atoms with Crippen molar-refractivity contribution in [3.63, 3.8) is 0 Å². The van der Waals surface area contributed by atoms with Crippen LogP contribution in [0.15, 0.2) is 68.1 Å². The molecule has 26 heavy (non-hydrogen) atoms. The second-order valence-corrected chi connectivity index (χ2v) is 6.76. The normalized spacial score (nSPS) is 11.2. The highest BCUT2D eigenvalue weighted by Crippen LogP contribution is 2.09. The lowest BCUT2D eigenvalue weighted by atomic mass is 10.3. The minimum Gasteiger partial charge on any atom is -0.469 e. The van der Waals surface area contributed by atoms with Crippen LogP contribution in [0.5, 0.6) is 0 Å². The lowest BCUT2D eigenvalue weighted by molar-refractivity contribution is 0.398. The molecule has 3 heterocycles. The number of hydrogen-bond donors (Lipinski definition) is 1. The maximum absolute atomic E-state index is 5.44. The summed E-state index contributed by atoms with van der Waals surface area (Å²) in [5, 5.41) is 5.53. The third-order valence-corrected chi connectivity index (χ3v) is 4.71. The van der Waals surface area contributed by atoms with Crippen LogP contribution in [-0.2, 0) is 19.4 Å². The highest BCUT2D eigenvalue weighted by Gasteiger charge is 2.09. The van der Waals surface area contributed by atoms with E-state index in [1.54, 1.807) is 23.9 Å². The summed E-state index contributed by atoms with van der Waals surface area (Å²) < 4.78 is 10.8. The molecule has 3 aromatic rings. The molecule has 3 aromatic heterocycles. The molecule has 0 saturated carbocycles. The molecule has 0 bridgehead atoms. The molecule has 0 amide bonds. The number of furan rings is 2. The number of rotatable bonds is 8. The van der Waals surface area contributed by atoms with E-state index in [4.69, 9.17) is 13.8 Å². The fourth-order valence-electron chi connectivity index (χ4n) is 2.50. The van der Waals surface area contributed by atoms with Gasteiger partial charge in [0.1, 0.15) is 11.5 Å². The molecular weight excluding hydrogens is 461 g/mol. The number of nitrogens with one attached hydrogen (secondary N) is 1. The molecule has 0 aliphatic rings. The molecule has 140 valence electrons. The largest absolute Gasteiger partial charge is 0.469 e. The van der Waals surface area contributed by atoms with Gasteiger partial charge >= 0.3 is 0 Å². The summed E-state index contributed by atoms with van der Waals surface area (Å²) in [6, 6.07) is 12.0. The first-order valence-corrected chi connectivity index (χ1v) is 9.26. The third kappa shape index (κ3) is 6.53. The first-order chi connectivity index (χ1) is 12.3. The summed E-state index contributed by atoms with van der Waals surface area (Å²) in [4.78, 5) is 8.20. The second kappa shape index (κ2) is 11.1. The lowest BCUT2D eigenvalue weighted by Gasteiger charge is -2.21. The van der Waals surface area contributed by atoms with Crippen LogP contribution in [-0.4, -0.2) is 31.0 Å². The first kappa shape index (κ1) is 20.6. The van der Waals surface area contributed by atoms with Gasteiger partial charge in [-0.05, 0) is 35.7 Å². The van der Waals surface area contributed by atoms with E-state index in [9.17, 15) is 0 Å². The number of aliphatic imine (C=N–C) groups is 1. The van der Waals surface area contributed by atoms with Gasteiger partial charge in [-0.3, -0.25) is 4.99 Å². The van der Waals surface area contributed by atoms with Gasteiger partial charge in [-0.15, -0.1) is 35.3 Å². The molecule has 0 unspecified atom stereocenters. The maximum Gasteiger partial charge on any atom is 0.194 e. The van der Waals surface area contributed by atoms with Crippen molar-refractivity contribution in [3.8, 4) is 0 Å². The molecule has 0 aliphatic heterocycles. The van der Waals surface area contributed by atoms with E-state index in [1.165, 1.54) is 4.88 Å². The number of halogens is 1. The van der Waals surface area contributed by atoms with Crippen LogP contribution in [0, 0.1) is 0 Å². The quantitative estimate of drug-likeness (QED) is 0.292. The monoisotopic (exact) mass is 485 g/mol. The van der Waals surface area contributed by atoms with Gasteiger partial charge in [-0.25, -0.2) is 0 Å². The number of nitrogens with zero attached hydrogens (tertiary/aromatic N) is 2. The fraction of sp³-hybridized carbons (Fsp3) is 0.316. The van der Waals surface area contributed by atoms with Crippen LogP contribution in [0.1, 0.15) is 16.4 Å². The van der Waals surface area contributed by atoms with Gasteiger partial charge in [0.2, 0.25) is 0 Å². The average molecular weight is 485 g/mol. The van der Waals surface area contributed by atoms with Gasteiger partial charge in [0.05, 0.1) is 19.1 Å². The van der Waals surface area contributed by atoms with Gasteiger partial charge in [0, 0.05) is 37.9 Å². The van der Waals surface area contributed by atoms with E-state index in [0.29, 0.717) is 6.54 Å². The third-order valence-electron chi connectivity index (χ3n) is 3.77. The number of hydrogen-bond acceptors (Lipinski definition) is 4. The lowest BCUT2D eigenvalue weighted by Crippen LogP contribution is -2.39. The molecule has 0 saturated heterocycles. The van der Waals surface area contributed by atoms with Gasteiger partial charge in [-0.2, -0.15) is 0 Å². The minimum absolute atomic E-state index is 0. The van der Waals surface area contributed by atoms with Crippen molar-refractivity contribution >= 4 is 41.3 Å². The highest BCUT2D eigenvalue weighted by atomic mass is 127. The topological polar surface area (TPSA) is 53.9 Å². The summed E-state index contributed by atoms with van der Waals surface area (Å²) in [5.74, 6) is 2.76. The zero-order chi connectivity index (χ0) is 17.3. The Morgan fingerprint density at radius 3 is 2.50 bits per heavy atom. The first-order valence-electron chi connectivity index (χ1n) is 8.38. The SMILES string of the molecule is CN(Cc1ccco1)C(=NCCc1cccs1)NCCc1ccco1.I. The van der Waals surface area contributed by atoms with Crippen LogP contribution in [0.4, 0.5) is 0 Å². The van der Waals surface area contributed by atoms with Crippen LogP contribution in [0.3, 0.4) is 0 Å². The summed E-state index contributed by atoms with van der Waals surface area (Å²) in [5.41, 5.74) is 0. The fourth-order valence-corrected chi connectivity index (χ4v) is 3.20. The zero-order valence-corrected chi connectivity index (χ0v) is 17.9. The van der Waals surface area contributed by atoms with E-state index in [-0.39, 0.29) is 24.0 Å². The van der Waals surface area contributed by atoms with Crippen molar-refractivity contribution < 1.29 is 8.83 Å². The standard InChI is InChI=1S/C19H23N3O2S.HI/c1-22(15-17-6-3-13-24-17)19(20-10-8-16-5-2-12-23-16)21-11-9-18-7-4-14-25-18;/h2-7,12-14H,8-11,15H2,1H3,(H,20,21);1H. The zero-order valence-electron chi connectivity index (χ0n) is 14.8. The van der Waals surface area contributed by atoms with Gasteiger partial charge in [0.15, 0.2) is 5.96 Å². The van der Waals surface area contributed by atoms with Gasteiger partial charge in [-0.1, -0.05) is 6.07 Å². The number of thiophene rings is 1. The van der Waals surface area contributed by atoms with Crippen molar-refractivity contribution in [2.24, 2.45) is 4.99 Å². The molecule has 0 aromatic carbocycles. The van der Waals surface area contributed by atoms with Crippen molar-refractivity contribution in [1.82, 2.24) is 10.2 Å². The van der Waals surface area contributed by atoms with Crippen LogP contribution < -0.4 is 5.32 Å². The van der Waals surface area contributed by atoms with Crippen molar-refractivity contribution in [3.05, 3.63) is 70.7 Å².